The fourth-order valence-electron chi connectivity index (χ4n) is 1.43. The SMILES string of the molecule is CC(C)(C)NC(=O)CS(=O)c1cccc(C(=O)O)c1. The van der Waals surface area contributed by atoms with E-state index in [0.29, 0.717) is 4.90 Å². The summed E-state index contributed by atoms with van der Waals surface area (Å²) in [5, 5.41) is 11.6. The van der Waals surface area contributed by atoms with E-state index in [4.69, 9.17) is 5.11 Å². The Morgan fingerprint density at radius 3 is 2.47 bits per heavy atom. The molecule has 1 amide bonds. The molecule has 1 atom stereocenters. The van der Waals surface area contributed by atoms with Gasteiger partial charge in [0.15, 0.2) is 0 Å². The first kappa shape index (κ1) is 15.4. The van der Waals surface area contributed by atoms with Gasteiger partial charge in [-0.3, -0.25) is 9.00 Å². The van der Waals surface area contributed by atoms with E-state index < -0.39 is 16.8 Å². The number of amides is 1. The van der Waals surface area contributed by atoms with Gasteiger partial charge >= 0.3 is 5.97 Å². The van der Waals surface area contributed by atoms with Crippen LogP contribution in [0, 0.1) is 0 Å². The lowest BCUT2D eigenvalue weighted by Crippen LogP contribution is -2.42. The smallest absolute Gasteiger partial charge is 0.335 e. The summed E-state index contributed by atoms with van der Waals surface area (Å²) < 4.78 is 12.0. The topological polar surface area (TPSA) is 83.5 Å². The number of carboxylic acid groups (broad SMARTS) is 1. The van der Waals surface area contributed by atoms with E-state index in [-0.39, 0.29) is 22.8 Å². The van der Waals surface area contributed by atoms with Crippen molar-refractivity contribution < 1.29 is 18.9 Å². The molecule has 1 unspecified atom stereocenters. The maximum atomic E-state index is 12.0. The number of hydrogen-bond acceptors (Lipinski definition) is 3. The third-order valence-electron chi connectivity index (χ3n) is 2.12. The molecule has 0 saturated carbocycles. The predicted molar refractivity (Wildman–Crippen MR) is 72.6 cm³/mol. The standard InChI is InChI=1S/C13H17NO4S/c1-13(2,3)14-11(15)8-19(18)10-6-4-5-9(7-10)12(16)17/h4-7H,8H2,1-3H3,(H,14,15)(H,16,17). The monoisotopic (exact) mass is 283 g/mol. The average Bonchev–Trinajstić information content (AvgIpc) is 2.26. The summed E-state index contributed by atoms with van der Waals surface area (Å²) in [6.45, 7) is 5.50. The van der Waals surface area contributed by atoms with Crippen molar-refractivity contribution in [2.75, 3.05) is 5.75 Å². The molecule has 0 aliphatic carbocycles. The van der Waals surface area contributed by atoms with Crippen LogP contribution in [0.25, 0.3) is 0 Å². The van der Waals surface area contributed by atoms with Gasteiger partial charge in [-0.1, -0.05) is 6.07 Å². The number of nitrogens with one attached hydrogen (secondary N) is 1. The molecule has 0 saturated heterocycles. The van der Waals surface area contributed by atoms with Crippen LogP contribution in [-0.4, -0.2) is 32.5 Å². The lowest BCUT2D eigenvalue weighted by molar-refractivity contribution is -0.119. The minimum absolute atomic E-state index is 0.0575. The molecule has 0 spiro atoms. The first-order valence-electron chi connectivity index (χ1n) is 5.72. The highest BCUT2D eigenvalue weighted by Crippen LogP contribution is 2.10. The van der Waals surface area contributed by atoms with Gasteiger partial charge in [-0.2, -0.15) is 0 Å². The first-order valence-corrected chi connectivity index (χ1v) is 7.04. The second kappa shape index (κ2) is 5.97. The summed E-state index contributed by atoms with van der Waals surface area (Å²) in [5.41, 5.74) is -0.327. The van der Waals surface area contributed by atoms with Crippen molar-refractivity contribution in [3.8, 4) is 0 Å². The van der Waals surface area contributed by atoms with Gasteiger partial charge in [0.1, 0.15) is 5.75 Å². The molecular formula is C13H17NO4S. The molecule has 6 heteroatoms. The zero-order valence-corrected chi connectivity index (χ0v) is 11.9. The number of aromatic carboxylic acids is 1. The highest BCUT2D eigenvalue weighted by molar-refractivity contribution is 7.85. The van der Waals surface area contributed by atoms with Crippen LogP contribution in [-0.2, 0) is 15.6 Å². The number of rotatable bonds is 4. The maximum Gasteiger partial charge on any atom is 0.335 e. The summed E-state index contributed by atoms with van der Waals surface area (Å²) in [6, 6.07) is 5.80. The molecule has 0 bridgehead atoms. The Bertz CT molecular complexity index is 520. The minimum Gasteiger partial charge on any atom is -0.478 e. The normalized spacial score (nSPS) is 12.8. The van der Waals surface area contributed by atoms with Crippen molar-refractivity contribution in [3.63, 3.8) is 0 Å². The van der Waals surface area contributed by atoms with Crippen LogP contribution in [0.3, 0.4) is 0 Å². The highest BCUT2D eigenvalue weighted by Gasteiger charge is 2.17. The molecule has 5 nitrogen and oxygen atoms in total. The van der Waals surface area contributed by atoms with Crippen LogP contribution in [0.5, 0.6) is 0 Å². The van der Waals surface area contributed by atoms with Crippen LogP contribution < -0.4 is 5.32 Å². The van der Waals surface area contributed by atoms with E-state index in [9.17, 15) is 13.8 Å². The molecule has 0 fully saturated rings. The number of carboxylic acids is 1. The van der Waals surface area contributed by atoms with E-state index in [1.165, 1.54) is 18.2 Å². The Balaban J connectivity index is 2.76. The predicted octanol–water partition coefficient (Wildman–Crippen LogP) is 1.41. The van der Waals surface area contributed by atoms with Crippen LogP contribution >= 0.6 is 0 Å². The molecule has 0 heterocycles. The molecule has 104 valence electrons. The zero-order chi connectivity index (χ0) is 14.6. The van der Waals surface area contributed by atoms with Gasteiger partial charge in [0.05, 0.1) is 16.4 Å². The van der Waals surface area contributed by atoms with Crippen molar-refractivity contribution >= 4 is 22.7 Å². The second-order valence-electron chi connectivity index (χ2n) is 5.12. The van der Waals surface area contributed by atoms with Crippen LogP contribution in [0.1, 0.15) is 31.1 Å². The van der Waals surface area contributed by atoms with E-state index in [0.717, 1.165) is 0 Å². The van der Waals surface area contributed by atoms with E-state index in [2.05, 4.69) is 5.32 Å². The third-order valence-corrected chi connectivity index (χ3v) is 3.42. The van der Waals surface area contributed by atoms with E-state index in [1.54, 1.807) is 6.07 Å². The number of benzene rings is 1. The second-order valence-corrected chi connectivity index (χ2v) is 6.57. The Labute approximate surface area is 114 Å². The highest BCUT2D eigenvalue weighted by atomic mass is 32.2. The summed E-state index contributed by atoms with van der Waals surface area (Å²) in [6.07, 6.45) is 0. The van der Waals surface area contributed by atoms with Gasteiger partial charge in [-0.15, -0.1) is 0 Å². The van der Waals surface area contributed by atoms with Gasteiger partial charge in [-0.05, 0) is 39.0 Å². The van der Waals surface area contributed by atoms with Crippen molar-refractivity contribution in [2.45, 2.75) is 31.2 Å². The summed E-state index contributed by atoms with van der Waals surface area (Å²) in [5.74, 6) is -1.59. The molecule has 0 aliphatic rings. The molecule has 1 rings (SSSR count). The molecule has 0 radical (unpaired) electrons. The third kappa shape index (κ3) is 5.21. The molecule has 0 aliphatic heterocycles. The van der Waals surface area contributed by atoms with Crippen LogP contribution in [0.4, 0.5) is 0 Å². The van der Waals surface area contributed by atoms with Crippen molar-refractivity contribution in [2.24, 2.45) is 0 Å². The van der Waals surface area contributed by atoms with Crippen LogP contribution in [0.2, 0.25) is 0 Å². The fraction of sp³-hybridized carbons (Fsp3) is 0.385. The van der Waals surface area contributed by atoms with Gasteiger partial charge in [0.2, 0.25) is 5.91 Å². The quantitative estimate of drug-likeness (QED) is 0.875. The number of carbonyl (C=O) groups is 2. The molecule has 19 heavy (non-hydrogen) atoms. The van der Waals surface area contributed by atoms with Gasteiger partial charge in [0, 0.05) is 10.4 Å². The summed E-state index contributed by atoms with van der Waals surface area (Å²) >= 11 is 0. The van der Waals surface area contributed by atoms with E-state index in [1.807, 2.05) is 20.8 Å². The zero-order valence-electron chi connectivity index (χ0n) is 11.1. The van der Waals surface area contributed by atoms with Crippen molar-refractivity contribution in [1.29, 1.82) is 0 Å². The number of carbonyl (C=O) groups excluding carboxylic acids is 1. The Hall–Kier alpha value is -1.69. The van der Waals surface area contributed by atoms with Crippen LogP contribution in [0.15, 0.2) is 29.2 Å². The van der Waals surface area contributed by atoms with Gasteiger partial charge < -0.3 is 10.4 Å². The molecule has 0 aromatic heterocycles. The fourth-order valence-corrected chi connectivity index (χ4v) is 2.39. The van der Waals surface area contributed by atoms with Gasteiger partial charge in [-0.25, -0.2) is 4.79 Å². The van der Waals surface area contributed by atoms with Crippen molar-refractivity contribution in [3.05, 3.63) is 29.8 Å². The molecule has 2 N–H and O–H groups in total. The Kier molecular flexibility index (Phi) is 4.83. The lowest BCUT2D eigenvalue weighted by atomic mass is 10.1. The average molecular weight is 283 g/mol. The summed E-state index contributed by atoms with van der Waals surface area (Å²) in [7, 11) is -1.55. The maximum absolute atomic E-state index is 12.0. The van der Waals surface area contributed by atoms with Gasteiger partial charge in [0.25, 0.3) is 0 Å². The Morgan fingerprint density at radius 1 is 1.32 bits per heavy atom. The van der Waals surface area contributed by atoms with Crippen molar-refractivity contribution in [1.82, 2.24) is 5.32 Å². The minimum atomic E-state index is -1.55. The number of hydrogen-bond donors (Lipinski definition) is 2. The molecule has 1 aromatic carbocycles. The van der Waals surface area contributed by atoms with E-state index >= 15 is 0 Å². The lowest BCUT2D eigenvalue weighted by Gasteiger charge is -2.20. The largest absolute Gasteiger partial charge is 0.478 e. The summed E-state index contributed by atoms with van der Waals surface area (Å²) in [4.78, 5) is 22.8. The Morgan fingerprint density at radius 2 is 1.95 bits per heavy atom. The first-order chi connectivity index (χ1) is 8.69. The molecule has 1 aromatic rings. The molecular weight excluding hydrogens is 266 g/mol.